The van der Waals surface area contributed by atoms with E-state index in [0.717, 1.165) is 69.3 Å². The number of likely N-dealkylation sites (N-methyl/N-ethyl adjacent to an activating group) is 1. The van der Waals surface area contributed by atoms with Gasteiger partial charge in [-0.3, -0.25) is 0 Å². The Labute approximate surface area is 170 Å². The number of ether oxygens (including phenoxy) is 1. The van der Waals surface area contributed by atoms with Crippen molar-refractivity contribution >= 4 is 23.0 Å². The molecule has 1 N–H and O–H groups in total. The van der Waals surface area contributed by atoms with E-state index < -0.39 is 0 Å². The van der Waals surface area contributed by atoms with Crippen LogP contribution in [-0.4, -0.2) is 49.8 Å². The summed E-state index contributed by atoms with van der Waals surface area (Å²) in [5, 5.41) is 4.25. The molecule has 0 fully saturated rings. The fourth-order valence-electron chi connectivity index (χ4n) is 3.17. The topological polar surface area (TPSA) is 27.7 Å². The Morgan fingerprint density at radius 1 is 1.44 bits per heavy atom. The number of unbranched alkanes of at least 4 members (excludes halogenated alkanes) is 1. The summed E-state index contributed by atoms with van der Waals surface area (Å²) in [6.45, 7) is 12.9. The molecule has 1 unspecified atom stereocenters. The van der Waals surface area contributed by atoms with Crippen molar-refractivity contribution in [3.05, 3.63) is 36.4 Å². The Balaban J connectivity index is 1.78. The van der Waals surface area contributed by atoms with E-state index in [-0.39, 0.29) is 0 Å². The number of nitrogens with one attached hydrogen (secondary N) is 1. The Kier molecular flexibility index (Phi) is 9.08. The van der Waals surface area contributed by atoms with Gasteiger partial charge in [-0.15, -0.1) is 6.58 Å². The molecule has 150 valence electrons. The lowest BCUT2D eigenvalue weighted by atomic mass is 10.1. The number of fused-ring (bicyclic) bond motifs is 1. The molecule has 4 nitrogen and oxygen atoms in total. The highest BCUT2D eigenvalue weighted by Crippen LogP contribution is 2.31. The summed E-state index contributed by atoms with van der Waals surface area (Å²) in [5.41, 5.74) is 2.54. The molecule has 1 aliphatic rings. The van der Waals surface area contributed by atoms with Crippen LogP contribution in [0.2, 0.25) is 0 Å². The van der Waals surface area contributed by atoms with Crippen molar-refractivity contribution in [2.75, 3.05) is 44.7 Å². The average molecular weight is 390 g/mol. The van der Waals surface area contributed by atoms with Gasteiger partial charge < -0.3 is 19.9 Å². The van der Waals surface area contributed by atoms with Crippen molar-refractivity contribution in [1.29, 1.82) is 0 Å². The third-order valence-electron chi connectivity index (χ3n) is 5.13. The number of benzene rings is 1. The third kappa shape index (κ3) is 6.82. The highest BCUT2D eigenvalue weighted by molar-refractivity contribution is 7.80. The SMILES string of the molecule is C=CCN(C)CCCCOc1ccc2c(c1)CCN2C(=S)NCC(C)CC. The summed E-state index contributed by atoms with van der Waals surface area (Å²) in [6.07, 6.45) is 6.32. The van der Waals surface area contributed by atoms with Gasteiger partial charge in [0, 0.05) is 25.3 Å². The van der Waals surface area contributed by atoms with Crippen molar-refractivity contribution in [2.24, 2.45) is 5.92 Å². The zero-order chi connectivity index (χ0) is 19.6. The Morgan fingerprint density at radius 3 is 3.00 bits per heavy atom. The number of thiocarbonyl (C=S) groups is 1. The Morgan fingerprint density at radius 2 is 2.26 bits per heavy atom. The van der Waals surface area contributed by atoms with Crippen LogP contribution in [0, 0.1) is 5.92 Å². The summed E-state index contributed by atoms with van der Waals surface area (Å²) < 4.78 is 5.96. The van der Waals surface area contributed by atoms with Crippen LogP contribution in [0.4, 0.5) is 5.69 Å². The van der Waals surface area contributed by atoms with Gasteiger partial charge in [0.15, 0.2) is 5.11 Å². The molecule has 1 atom stereocenters. The molecule has 5 heteroatoms. The van der Waals surface area contributed by atoms with Crippen molar-refractivity contribution in [3.8, 4) is 5.75 Å². The largest absolute Gasteiger partial charge is 0.494 e. The first kappa shape index (κ1) is 21.7. The molecule has 0 bridgehead atoms. The van der Waals surface area contributed by atoms with Crippen LogP contribution in [0.15, 0.2) is 30.9 Å². The maximum atomic E-state index is 5.96. The molecule has 0 aliphatic carbocycles. The third-order valence-corrected chi connectivity index (χ3v) is 5.50. The smallest absolute Gasteiger partial charge is 0.173 e. The number of hydrogen-bond acceptors (Lipinski definition) is 3. The molecule has 0 radical (unpaired) electrons. The van der Waals surface area contributed by atoms with Gasteiger partial charge in [0.05, 0.1) is 6.61 Å². The fraction of sp³-hybridized carbons (Fsp3) is 0.591. The van der Waals surface area contributed by atoms with E-state index in [2.05, 4.69) is 60.8 Å². The maximum absolute atomic E-state index is 5.96. The lowest BCUT2D eigenvalue weighted by molar-refractivity contribution is 0.287. The maximum Gasteiger partial charge on any atom is 0.173 e. The zero-order valence-electron chi connectivity index (χ0n) is 17.2. The predicted octanol–water partition coefficient (Wildman–Crippen LogP) is 4.25. The van der Waals surface area contributed by atoms with Gasteiger partial charge in [0.25, 0.3) is 0 Å². The predicted molar refractivity (Wildman–Crippen MR) is 120 cm³/mol. The molecule has 0 saturated carbocycles. The molecule has 0 aromatic heterocycles. The molecule has 0 amide bonds. The van der Waals surface area contributed by atoms with Crippen molar-refractivity contribution in [3.63, 3.8) is 0 Å². The second kappa shape index (κ2) is 11.3. The van der Waals surface area contributed by atoms with E-state index in [4.69, 9.17) is 17.0 Å². The highest BCUT2D eigenvalue weighted by atomic mass is 32.1. The first-order valence-electron chi connectivity index (χ1n) is 10.2. The fourth-order valence-corrected chi connectivity index (χ4v) is 3.44. The van der Waals surface area contributed by atoms with Gasteiger partial charge >= 0.3 is 0 Å². The average Bonchev–Trinajstić information content (AvgIpc) is 3.09. The van der Waals surface area contributed by atoms with Crippen molar-refractivity contribution in [1.82, 2.24) is 10.2 Å². The Hall–Kier alpha value is -1.59. The summed E-state index contributed by atoms with van der Waals surface area (Å²) in [6, 6.07) is 6.39. The first-order chi connectivity index (χ1) is 13.0. The minimum atomic E-state index is 0.636. The van der Waals surface area contributed by atoms with Gasteiger partial charge in [-0.1, -0.05) is 26.3 Å². The number of hydrogen-bond donors (Lipinski definition) is 1. The Bertz CT molecular complexity index is 620. The van der Waals surface area contributed by atoms with E-state index in [1.54, 1.807) is 0 Å². The van der Waals surface area contributed by atoms with Crippen LogP contribution in [0.5, 0.6) is 5.75 Å². The second-order valence-electron chi connectivity index (χ2n) is 7.50. The number of rotatable bonds is 11. The van der Waals surface area contributed by atoms with Crippen LogP contribution in [-0.2, 0) is 6.42 Å². The molecule has 2 rings (SSSR count). The van der Waals surface area contributed by atoms with Crippen molar-refractivity contribution < 1.29 is 4.74 Å². The standard InChI is InChI=1S/C22H35N3OS/c1-5-12-24(4)13-7-8-15-26-20-9-10-21-19(16-20)11-14-25(21)22(27)23-17-18(3)6-2/h5,9-10,16,18H,1,6-8,11-15,17H2,2-4H3,(H,23,27). The normalized spacial score (nSPS) is 14.1. The first-order valence-corrected chi connectivity index (χ1v) is 10.6. The molecule has 27 heavy (non-hydrogen) atoms. The molecule has 1 aromatic carbocycles. The zero-order valence-corrected chi connectivity index (χ0v) is 18.0. The quantitative estimate of drug-likeness (QED) is 0.347. The minimum Gasteiger partial charge on any atom is -0.494 e. The van der Waals surface area contributed by atoms with E-state index in [1.807, 2.05) is 6.08 Å². The number of anilines is 1. The van der Waals surface area contributed by atoms with Gasteiger partial charge in [-0.2, -0.15) is 0 Å². The lowest BCUT2D eigenvalue weighted by Gasteiger charge is -2.22. The molecular formula is C22H35N3OS. The summed E-state index contributed by atoms with van der Waals surface area (Å²) >= 11 is 5.60. The van der Waals surface area contributed by atoms with Crippen molar-refractivity contribution in [2.45, 2.75) is 39.5 Å². The molecule has 0 saturated heterocycles. The molecule has 1 heterocycles. The van der Waals surface area contributed by atoms with Crippen LogP contribution in [0.3, 0.4) is 0 Å². The second-order valence-corrected chi connectivity index (χ2v) is 7.88. The molecule has 1 aliphatic heterocycles. The van der Waals surface area contributed by atoms with E-state index in [1.165, 1.54) is 11.3 Å². The van der Waals surface area contributed by atoms with E-state index in [0.29, 0.717) is 5.92 Å². The summed E-state index contributed by atoms with van der Waals surface area (Å²) in [7, 11) is 2.12. The lowest BCUT2D eigenvalue weighted by Crippen LogP contribution is -2.40. The van der Waals surface area contributed by atoms with Crippen LogP contribution < -0.4 is 15.0 Å². The molecular weight excluding hydrogens is 354 g/mol. The monoisotopic (exact) mass is 389 g/mol. The van der Waals surface area contributed by atoms with E-state index >= 15 is 0 Å². The van der Waals surface area contributed by atoms with Gasteiger partial charge in [0.2, 0.25) is 0 Å². The van der Waals surface area contributed by atoms with Gasteiger partial charge in [-0.05, 0) is 74.8 Å². The summed E-state index contributed by atoms with van der Waals surface area (Å²) in [4.78, 5) is 4.49. The minimum absolute atomic E-state index is 0.636. The van der Waals surface area contributed by atoms with Crippen LogP contribution >= 0.6 is 12.2 Å². The molecule has 0 spiro atoms. The summed E-state index contributed by atoms with van der Waals surface area (Å²) in [5.74, 6) is 1.60. The van der Waals surface area contributed by atoms with Crippen LogP contribution in [0.25, 0.3) is 0 Å². The highest BCUT2D eigenvalue weighted by Gasteiger charge is 2.22. The number of nitrogens with zero attached hydrogens (tertiary/aromatic N) is 2. The van der Waals surface area contributed by atoms with Gasteiger partial charge in [-0.25, -0.2) is 0 Å². The van der Waals surface area contributed by atoms with E-state index in [9.17, 15) is 0 Å². The van der Waals surface area contributed by atoms with Crippen LogP contribution in [0.1, 0.15) is 38.7 Å². The molecule has 1 aromatic rings. The van der Waals surface area contributed by atoms with Gasteiger partial charge in [0.1, 0.15) is 5.75 Å².